The standard InChI is InChI=1S/C13H20N2O2/c1-15(2)6-5-11(14)10-3-4-12-13(9-10)17-8-7-16-12/h3-4,9,11H,5-8,14H2,1-2H3. The van der Waals surface area contributed by atoms with E-state index >= 15 is 0 Å². The summed E-state index contributed by atoms with van der Waals surface area (Å²) < 4.78 is 11.0. The van der Waals surface area contributed by atoms with Gasteiger partial charge in [-0.1, -0.05) is 6.07 Å². The van der Waals surface area contributed by atoms with E-state index in [-0.39, 0.29) is 6.04 Å². The third kappa shape index (κ3) is 3.11. The Hall–Kier alpha value is -1.26. The highest BCUT2D eigenvalue weighted by molar-refractivity contribution is 5.44. The van der Waals surface area contributed by atoms with E-state index in [0.29, 0.717) is 13.2 Å². The molecule has 4 nitrogen and oxygen atoms in total. The van der Waals surface area contributed by atoms with Gasteiger partial charge in [0, 0.05) is 6.04 Å². The van der Waals surface area contributed by atoms with Gasteiger partial charge < -0.3 is 20.1 Å². The highest BCUT2D eigenvalue weighted by atomic mass is 16.6. The maximum Gasteiger partial charge on any atom is 0.161 e. The van der Waals surface area contributed by atoms with E-state index in [1.54, 1.807) is 0 Å². The van der Waals surface area contributed by atoms with E-state index in [1.807, 2.05) is 18.2 Å². The van der Waals surface area contributed by atoms with Gasteiger partial charge in [-0.15, -0.1) is 0 Å². The third-order valence-corrected chi connectivity index (χ3v) is 2.88. The topological polar surface area (TPSA) is 47.7 Å². The molecule has 1 atom stereocenters. The summed E-state index contributed by atoms with van der Waals surface area (Å²) in [5.41, 5.74) is 7.26. The van der Waals surface area contributed by atoms with Crippen molar-refractivity contribution < 1.29 is 9.47 Å². The molecule has 0 spiro atoms. The van der Waals surface area contributed by atoms with Gasteiger partial charge in [-0.2, -0.15) is 0 Å². The number of ether oxygens (including phenoxy) is 2. The van der Waals surface area contributed by atoms with Crippen molar-refractivity contribution in [1.29, 1.82) is 0 Å². The van der Waals surface area contributed by atoms with Crippen LogP contribution in [0.25, 0.3) is 0 Å². The fraction of sp³-hybridized carbons (Fsp3) is 0.538. The summed E-state index contributed by atoms with van der Waals surface area (Å²) in [7, 11) is 4.10. The van der Waals surface area contributed by atoms with Crippen LogP contribution in [0.15, 0.2) is 18.2 Å². The highest BCUT2D eigenvalue weighted by Crippen LogP contribution is 2.32. The van der Waals surface area contributed by atoms with Crippen LogP contribution in [-0.2, 0) is 0 Å². The SMILES string of the molecule is CN(C)CCC(N)c1ccc2c(c1)OCCO2. The van der Waals surface area contributed by atoms with Gasteiger partial charge in [0.05, 0.1) is 0 Å². The molecular formula is C13H20N2O2. The fourth-order valence-corrected chi connectivity index (χ4v) is 1.85. The van der Waals surface area contributed by atoms with E-state index in [2.05, 4.69) is 19.0 Å². The average Bonchev–Trinajstić information content (AvgIpc) is 2.35. The number of hydrogen-bond acceptors (Lipinski definition) is 4. The van der Waals surface area contributed by atoms with Gasteiger partial charge in [-0.3, -0.25) is 0 Å². The highest BCUT2D eigenvalue weighted by Gasteiger charge is 2.14. The molecule has 1 aromatic rings. The number of hydrogen-bond donors (Lipinski definition) is 1. The Bertz CT molecular complexity index is 380. The number of benzene rings is 1. The fourth-order valence-electron chi connectivity index (χ4n) is 1.85. The molecule has 0 amide bonds. The van der Waals surface area contributed by atoms with Crippen molar-refractivity contribution in [3.63, 3.8) is 0 Å². The molecule has 1 aliphatic heterocycles. The zero-order valence-electron chi connectivity index (χ0n) is 10.5. The molecular weight excluding hydrogens is 216 g/mol. The summed E-state index contributed by atoms with van der Waals surface area (Å²) in [6, 6.07) is 6.01. The van der Waals surface area contributed by atoms with Crippen molar-refractivity contribution >= 4 is 0 Å². The largest absolute Gasteiger partial charge is 0.486 e. The second-order valence-electron chi connectivity index (χ2n) is 4.60. The lowest BCUT2D eigenvalue weighted by atomic mass is 10.0. The van der Waals surface area contributed by atoms with Crippen molar-refractivity contribution in [1.82, 2.24) is 4.90 Å². The monoisotopic (exact) mass is 236 g/mol. The van der Waals surface area contributed by atoms with Crippen LogP contribution >= 0.6 is 0 Å². The predicted octanol–water partition coefficient (Wildman–Crippen LogP) is 1.41. The Morgan fingerprint density at radius 1 is 1.24 bits per heavy atom. The van der Waals surface area contributed by atoms with Crippen molar-refractivity contribution in [3.05, 3.63) is 23.8 Å². The maximum absolute atomic E-state index is 6.15. The van der Waals surface area contributed by atoms with Crippen LogP contribution in [0.1, 0.15) is 18.0 Å². The van der Waals surface area contributed by atoms with E-state index in [9.17, 15) is 0 Å². The average molecular weight is 236 g/mol. The first kappa shape index (κ1) is 12.2. The van der Waals surface area contributed by atoms with Crippen LogP contribution in [0.3, 0.4) is 0 Å². The Balaban J connectivity index is 2.05. The first-order valence-corrected chi connectivity index (χ1v) is 5.96. The molecule has 0 saturated carbocycles. The van der Waals surface area contributed by atoms with Crippen LogP contribution < -0.4 is 15.2 Å². The van der Waals surface area contributed by atoms with Crippen LogP contribution in [0.5, 0.6) is 11.5 Å². The van der Waals surface area contributed by atoms with E-state index in [4.69, 9.17) is 15.2 Å². The summed E-state index contributed by atoms with van der Waals surface area (Å²) in [4.78, 5) is 2.14. The molecule has 0 bridgehead atoms. The minimum atomic E-state index is 0.0493. The van der Waals surface area contributed by atoms with Crippen LogP contribution in [-0.4, -0.2) is 38.8 Å². The minimum absolute atomic E-state index is 0.0493. The zero-order chi connectivity index (χ0) is 12.3. The maximum atomic E-state index is 6.15. The number of fused-ring (bicyclic) bond motifs is 1. The first-order chi connectivity index (χ1) is 8.16. The summed E-state index contributed by atoms with van der Waals surface area (Å²) in [5.74, 6) is 1.63. The van der Waals surface area contributed by atoms with Crippen LogP contribution in [0.2, 0.25) is 0 Å². The Labute approximate surface area is 102 Å². The summed E-state index contributed by atoms with van der Waals surface area (Å²) in [6.07, 6.45) is 0.937. The summed E-state index contributed by atoms with van der Waals surface area (Å²) in [6.45, 7) is 2.22. The Kier molecular flexibility index (Phi) is 3.86. The molecule has 0 aliphatic carbocycles. The van der Waals surface area contributed by atoms with Gasteiger partial charge in [0.25, 0.3) is 0 Å². The molecule has 2 rings (SSSR count). The molecule has 1 heterocycles. The molecule has 0 aromatic heterocycles. The lowest BCUT2D eigenvalue weighted by Crippen LogP contribution is -2.20. The van der Waals surface area contributed by atoms with Crippen LogP contribution in [0.4, 0.5) is 0 Å². The molecule has 0 saturated heterocycles. The molecule has 4 heteroatoms. The van der Waals surface area contributed by atoms with Crippen molar-refractivity contribution in [2.45, 2.75) is 12.5 Å². The number of nitrogens with zero attached hydrogens (tertiary/aromatic N) is 1. The quantitative estimate of drug-likeness (QED) is 0.858. The molecule has 1 aliphatic rings. The molecule has 17 heavy (non-hydrogen) atoms. The first-order valence-electron chi connectivity index (χ1n) is 5.96. The van der Waals surface area contributed by atoms with E-state index < -0.39 is 0 Å². The zero-order valence-corrected chi connectivity index (χ0v) is 10.5. The lowest BCUT2D eigenvalue weighted by molar-refractivity contribution is 0.171. The van der Waals surface area contributed by atoms with Gasteiger partial charge in [-0.25, -0.2) is 0 Å². The van der Waals surface area contributed by atoms with Crippen LogP contribution in [0, 0.1) is 0 Å². The van der Waals surface area contributed by atoms with Crippen molar-refractivity contribution in [3.8, 4) is 11.5 Å². The predicted molar refractivity (Wildman–Crippen MR) is 67.5 cm³/mol. The Morgan fingerprint density at radius 2 is 1.94 bits per heavy atom. The van der Waals surface area contributed by atoms with Gasteiger partial charge in [-0.05, 0) is 44.8 Å². The van der Waals surface area contributed by atoms with Crippen molar-refractivity contribution in [2.75, 3.05) is 33.9 Å². The van der Waals surface area contributed by atoms with E-state index in [1.165, 1.54) is 0 Å². The van der Waals surface area contributed by atoms with Gasteiger partial charge in [0.2, 0.25) is 0 Å². The molecule has 0 radical (unpaired) electrons. The molecule has 0 fully saturated rings. The van der Waals surface area contributed by atoms with Gasteiger partial charge in [0.15, 0.2) is 11.5 Å². The summed E-state index contributed by atoms with van der Waals surface area (Å²) >= 11 is 0. The second-order valence-corrected chi connectivity index (χ2v) is 4.60. The normalized spacial score (nSPS) is 16.0. The third-order valence-electron chi connectivity index (χ3n) is 2.88. The number of nitrogens with two attached hydrogens (primary N) is 1. The van der Waals surface area contributed by atoms with Gasteiger partial charge in [0.1, 0.15) is 13.2 Å². The smallest absolute Gasteiger partial charge is 0.161 e. The molecule has 1 aromatic carbocycles. The minimum Gasteiger partial charge on any atom is -0.486 e. The molecule has 1 unspecified atom stereocenters. The number of rotatable bonds is 4. The lowest BCUT2D eigenvalue weighted by Gasteiger charge is -2.21. The van der Waals surface area contributed by atoms with E-state index in [0.717, 1.165) is 30.0 Å². The second kappa shape index (κ2) is 5.38. The molecule has 94 valence electrons. The van der Waals surface area contributed by atoms with Gasteiger partial charge >= 0.3 is 0 Å². The Morgan fingerprint density at radius 3 is 2.65 bits per heavy atom. The summed E-state index contributed by atoms with van der Waals surface area (Å²) in [5, 5.41) is 0. The van der Waals surface area contributed by atoms with Crippen molar-refractivity contribution in [2.24, 2.45) is 5.73 Å². The molecule has 2 N–H and O–H groups in total.